The van der Waals surface area contributed by atoms with Gasteiger partial charge < -0.3 is 13.9 Å². The number of esters is 1. The molecule has 5 heteroatoms. The molecule has 0 aromatic rings. The van der Waals surface area contributed by atoms with Gasteiger partial charge in [-0.3, -0.25) is 4.79 Å². The van der Waals surface area contributed by atoms with Crippen LogP contribution >= 0.6 is 0 Å². The van der Waals surface area contributed by atoms with Crippen LogP contribution in [0.2, 0.25) is 18.1 Å². The van der Waals surface area contributed by atoms with Crippen LogP contribution in [0.1, 0.15) is 128 Å². The molecule has 0 radical (unpaired) electrons. The first-order chi connectivity index (χ1) is 20.5. The van der Waals surface area contributed by atoms with Gasteiger partial charge in [-0.2, -0.15) is 0 Å². The SMILES string of the molecule is C=C(C)[C@@H](OC(C)=O)[C@H]1C[C@@H](C)[C@H]2[C@H](O1)[C@H](O[Si](CC)(CC)CC)[C@@]1(C)[C@@H]3CC[C@H]4C(C)(C)C(C)CC[C@@]45C[C@@]35CC[C@]21C. The molecular formula is C39H66O4Si. The second-order valence-electron chi connectivity index (χ2n) is 18.2. The molecule has 0 N–H and O–H groups in total. The van der Waals surface area contributed by atoms with Crippen molar-refractivity contribution < 1.29 is 18.7 Å². The van der Waals surface area contributed by atoms with E-state index < -0.39 is 14.4 Å². The number of carbonyl (C=O) groups is 1. The first-order valence-electron chi connectivity index (χ1n) is 18.7. The van der Waals surface area contributed by atoms with Crippen LogP contribution in [0.5, 0.6) is 0 Å². The fourth-order valence-corrected chi connectivity index (χ4v) is 16.7. The Kier molecular flexibility index (Phi) is 8.07. The maximum atomic E-state index is 12.2. The molecule has 1 heterocycles. The van der Waals surface area contributed by atoms with E-state index >= 15 is 0 Å². The fourth-order valence-electron chi connectivity index (χ4n) is 13.8. The molecule has 0 bridgehead atoms. The highest BCUT2D eigenvalue weighted by Gasteiger charge is 2.84. The van der Waals surface area contributed by atoms with Crippen molar-refractivity contribution in [2.75, 3.05) is 0 Å². The maximum Gasteiger partial charge on any atom is 0.303 e. The van der Waals surface area contributed by atoms with Crippen molar-refractivity contribution in [2.45, 2.75) is 170 Å². The summed E-state index contributed by atoms with van der Waals surface area (Å²) < 4.78 is 21.1. The molecule has 6 fully saturated rings. The van der Waals surface area contributed by atoms with Gasteiger partial charge in [-0.25, -0.2) is 0 Å². The molecule has 0 amide bonds. The van der Waals surface area contributed by atoms with Gasteiger partial charge in [-0.05, 0) is 133 Å². The zero-order chi connectivity index (χ0) is 32.3. The van der Waals surface area contributed by atoms with E-state index in [2.05, 4.69) is 68.9 Å². The number of hydrogen-bond donors (Lipinski definition) is 0. The third-order valence-electron chi connectivity index (χ3n) is 16.8. The van der Waals surface area contributed by atoms with Crippen molar-refractivity contribution >= 4 is 14.3 Å². The Hall–Kier alpha value is -0.653. The topological polar surface area (TPSA) is 44.8 Å². The van der Waals surface area contributed by atoms with E-state index in [1.54, 1.807) is 0 Å². The Labute approximate surface area is 271 Å². The summed E-state index contributed by atoms with van der Waals surface area (Å²) in [6.45, 7) is 30.5. The molecule has 13 atom stereocenters. The van der Waals surface area contributed by atoms with Crippen LogP contribution in [0.4, 0.5) is 0 Å². The van der Waals surface area contributed by atoms with Crippen molar-refractivity contribution in [3.8, 4) is 0 Å². The molecule has 44 heavy (non-hydrogen) atoms. The van der Waals surface area contributed by atoms with Gasteiger partial charge in [-0.15, -0.1) is 0 Å². The third kappa shape index (κ3) is 4.15. The van der Waals surface area contributed by atoms with Gasteiger partial charge >= 0.3 is 5.97 Å². The van der Waals surface area contributed by atoms with E-state index in [1.807, 2.05) is 6.92 Å². The molecule has 4 nitrogen and oxygen atoms in total. The second-order valence-corrected chi connectivity index (χ2v) is 22.9. The first kappa shape index (κ1) is 33.3. The highest BCUT2D eigenvalue weighted by Crippen LogP contribution is 2.89. The Bertz CT molecular complexity index is 1150. The summed E-state index contributed by atoms with van der Waals surface area (Å²) in [5.41, 5.74) is 2.58. The zero-order valence-electron chi connectivity index (χ0n) is 30.3. The second kappa shape index (κ2) is 10.7. The largest absolute Gasteiger partial charge is 0.455 e. The summed E-state index contributed by atoms with van der Waals surface area (Å²) in [5, 5.41) is 0. The minimum absolute atomic E-state index is 0.0399. The molecule has 0 aromatic carbocycles. The van der Waals surface area contributed by atoms with Crippen molar-refractivity contribution in [3.63, 3.8) is 0 Å². The summed E-state index contributed by atoms with van der Waals surface area (Å²) in [5.74, 6) is 3.06. The van der Waals surface area contributed by atoms with E-state index in [9.17, 15) is 4.79 Å². The van der Waals surface area contributed by atoms with E-state index in [-0.39, 0.29) is 35.1 Å². The van der Waals surface area contributed by atoms with Gasteiger partial charge in [0.25, 0.3) is 0 Å². The molecule has 1 unspecified atom stereocenters. The number of carbonyl (C=O) groups excluding carboxylic acids is 1. The van der Waals surface area contributed by atoms with Gasteiger partial charge in [0.2, 0.25) is 0 Å². The summed E-state index contributed by atoms with van der Waals surface area (Å²) >= 11 is 0. The Morgan fingerprint density at radius 3 is 2.14 bits per heavy atom. The van der Waals surface area contributed by atoms with Crippen molar-refractivity contribution in [1.29, 1.82) is 0 Å². The highest BCUT2D eigenvalue weighted by molar-refractivity contribution is 6.73. The molecule has 6 rings (SSSR count). The van der Waals surface area contributed by atoms with E-state index in [0.29, 0.717) is 34.0 Å². The predicted molar refractivity (Wildman–Crippen MR) is 182 cm³/mol. The normalized spacial score (nSPS) is 49.4. The lowest BCUT2D eigenvalue weighted by Crippen LogP contribution is -2.60. The van der Waals surface area contributed by atoms with Crippen LogP contribution in [0.3, 0.4) is 0 Å². The molecule has 250 valence electrons. The van der Waals surface area contributed by atoms with Gasteiger partial charge in [0.15, 0.2) is 8.32 Å². The Balaban J connectivity index is 1.45. The lowest BCUT2D eigenvalue weighted by atomic mass is 9.41. The molecule has 1 aliphatic heterocycles. The van der Waals surface area contributed by atoms with Crippen LogP contribution in [0, 0.1) is 56.7 Å². The molecule has 0 aromatic heterocycles. The van der Waals surface area contributed by atoms with Crippen molar-refractivity contribution in [1.82, 2.24) is 0 Å². The maximum absolute atomic E-state index is 12.2. The van der Waals surface area contributed by atoms with Gasteiger partial charge in [0.05, 0.1) is 18.3 Å². The lowest BCUT2D eigenvalue weighted by Gasteiger charge is -2.64. The van der Waals surface area contributed by atoms with Gasteiger partial charge in [-0.1, -0.05) is 68.9 Å². The van der Waals surface area contributed by atoms with Crippen LogP contribution in [0.25, 0.3) is 0 Å². The minimum atomic E-state index is -1.95. The van der Waals surface area contributed by atoms with Gasteiger partial charge in [0, 0.05) is 12.3 Å². The average molecular weight is 627 g/mol. The van der Waals surface area contributed by atoms with Crippen LogP contribution in [-0.2, 0) is 18.7 Å². The standard InChI is InChI=1S/C39H66O4Si/c1-13-44(14-2,15-3)43-34-33-31(25(6)22-28(42-33)32(24(4)5)41-27(8)40)36(11)20-21-39-23-38(39)19-18-26(7)35(9,10)29(38)16-17-30(39)37(34,36)12/h25-26,28-34H,4,13-23H2,1-3,5-12H3/t25-,26?,28-,29+,30+,31+,32-,33+,34+,36-,37-,38-,39+/m1/s1. The summed E-state index contributed by atoms with van der Waals surface area (Å²) in [6.07, 6.45) is 10.2. The quantitative estimate of drug-likeness (QED) is 0.153. The Morgan fingerprint density at radius 2 is 1.55 bits per heavy atom. The molecule has 5 aliphatic carbocycles. The molecule has 1 saturated heterocycles. The lowest BCUT2D eigenvalue weighted by molar-refractivity contribution is -0.181. The summed E-state index contributed by atoms with van der Waals surface area (Å²) in [6, 6.07) is 3.49. The van der Waals surface area contributed by atoms with Crippen molar-refractivity contribution in [3.05, 3.63) is 12.2 Å². The van der Waals surface area contributed by atoms with E-state index in [1.165, 1.54) is 51.9 Å². The predicted octanol–water partition coefficient (Wildman–Crippen LogP) is 9.97. The van der Waals surface area contributed by atoms with E-state index in [4.69, 9.17) is 13.9 Å². The smallest absolute Gasteiger partial charge is 0.303 e. The zero-order valence-corrected chi connectivity index (χ0v) is 31.3. The number of hydrogen-bond acceptors (Lipinski definition) is 4. The number of fused-ring (bicyclic) bond motifs is 4. The average Bonchev–Trinajstić information content (AvgIpc) is 3.59. The monoisotopic (exact) mass is 626 g/mol. The summed E-state index contributed by atoms with van der Waals surface area (Å²) in [4.78, 5) is 12.2. The molecule has 2 spiro atoms. The van der Waals surface area contributed by atoms with Gasteiger partial charge in [0.1, 0.15) is 6.10 Å². The molecule has 6 aliphatic rings. The fraction of sp³-hybridized carbons (Fsp3) is 0.923. The number of rotatable bonds is 8. The van der Waals surface area contributed by atoms with Crippen LogP contribution < -0.4 is 0 Å². The molecular weight excluding hydrogens is 561 g/mol. The third-order valence-corrected chi connectivity index (χ3v) is 21.4. The van der Waals surface area contributed by atoms with Crippen LogP contribution in [-0.4, -0.2) is 38.7 Å². The van der Waals surface area contributed by atoms with Crippen LogP contribution in [0.15, 0.2) is 12.2 Å². The Morgan fingerprint density at radius 1 is 0.932 bits per heavy atom. The molecule has 5 saturated carbocycles. The van der Waals surface area contributed by atoms with Crippen molar-refractivity contribution in [2.24, 2.45) is 56.7 Å². The number of ether oxygens (including phenoxy) is 2. The highest BCUT2D eigenvalue weighted by atomic mass is 28.4. The minimum Gasteiger partial charge on any atom is -0.455 e. The summed E-state index contributed by atoms with van der Waals surface area (Å²) in [7, 11) is -1.95. The first-order valence-corrected chi connectivity index (χ1v) is 21.2. The van der Waals surface area contributed by atoms with E-state index in [0.717, 1.165) is 42.0 Å².